The van der Waals surface area contributed by atoms with Gasteiger partial charge < -0.3 is 14.7 Å². The van der Waals surface area contributed by atoms with Gasteiger partial charge in [0.1, 0.15) is 11.2 Å². The largest absolute Gasteiger partial charge is 0.478 e. The zero-order valence-corrected chi connectivity index (χ0v) is 15.0. The Hall–Kier alpha value is -1.93. The maximum absolute atomic E-state index is 14.3. The van der Waals surface area contributed by atoms with Crippen LogP contribution in [0.5, 0.6) is 0 Å². The first-order valence-electron chi connectivity index (χ1n) is 7.97. The van der Waals surface area contributed by atoms with E-state index in [1.165, 1.54) is 13.2 Å². The van der Waals surface area contributed by atoms with Crippen LogP contribution in [-0.4, -0.2) is 47.4 Å². The lowest BCUT2D eigenvalue weighted by Crippen LogP contribution is -2.37. The van der Waals surface area contributed by atoms with Gasteiger partial charge in [0.05, 0.1) is 12.2 Å². The molecule has 0 saturated carbocycles. The molecule has 0 saturated heterocycles. The summed E-state index contributed by atoms with van der Waals surface area (Å²) in [5.41, 5.74) is -0.119. The number of halogens is 3. The Labute approximate surface area is 154 Å². The number of hydrogen-bond acceptors (Lipinski definition) is 4. The second kappa shape index (κ2) is 9.14. The van der Waals surface area contributed by atoms with Crippen LogP contribution in [0.1, 0.15) is 12.0 Å². The van der Waals surface area contributed by atoms with Gasteiger partial charge in [0, 0.05) is 37.6 Å². The summed E-state index contributed by atoms with van der Waals surface area (Å²) in [5, 5.41) is 8.79. The topological polar surface area (TPSA) is 49.8 Å². The molecule has 0 radical (unpaired) electrons. The van der Waals surface area contributed by atoms with Crippen LogP contribution in [0, 0.1) is 5.82 Å². The quantitative estimate of drug-likeness (QED) is 0.697. The van der Waals surface area contributed by atoms with E-state index in [4.69, 9.17) is 4.74 Å². The first-order chi connectivity index (χ1) is 12.3. The van der Waals surface area contributed by atoms with Gasteiger partial charge in [-0.1, -0.05) is 12.1 Å². The van der Waals surface area contributed by atoms with Gasteiger partial charge in [-0.3, -0.25) is 0 Å². The van der Waals surface area contributed by atoms with Gasteiger partial charge >= 0.3 is 5.97 Å². The Morgan fingerprint density at radius 2 is 2.04 bits per heavy atom. The average Bonchev–Trinajstić information content (AvgIpc) is 2.60. The zero-order valence-electron chi connectivity index (χ0n) is 14.2. The van der Waals surface area contributed by atoms with Gasteiger partial charge in [0.25, 0.3) is 5.92 Å². The highest BCUT2D eigenvalue weighted by Crippen LogP contribution is 2.35. The number of alkyl halides is 2. The lowest BCUT2D eigenvalue weighted by molar-refractivity contribution is -0.133. The smallest absolute Gasteiger partial charge is 0.334 e. The fourth-order valence-corrected chi connectivity index (χ4v) is 3.81. The van der Waals surface area contributed by atoms with Crippen molar-refractivity contribution >= 4 is 17.7 Å². The average molecular weight is 387 g/mol. The molecule has 4 nitrogen and oxygen atoms in total. The van der Waals surface area contributed by atoms with Crippen molar-refractivity contribution in [1.29, 1.82) is 0 Å². The number of nitrogens with zero attached hydrogens (tertiary/aromatic N) is 1. The van der Waals surface area contributed by atoms with E-state index >= 15 is 0 Å². The summed E-state index contributed by atoms with van der Waals surface area (Å²) in [7, 11) is 1.53. The number of rotatable bonds is 9. The van der Waals surface area contributed by atoms with Crippen molar-refractivity contribution in [3.05, 3.63) is 59.6 Å². The van der Waals surface area contributed by atoms with Gasteiger partial charge in [-0.2, -0.15) is 0 Å². The van der Waals surface area contributed by atoms with E-state index in [0.29, 0.717) is 13.2 Å². The predicted octanol–water partition coefficient (Wildman–Crippen LogP) is 3.85. The number of allylic oxidation sites excluding steroid dienone is 2. The van der Waals surface area contributed by atoms with E-state index in [9.17, 15) is 23.1 Å². The summed E-state index contributed by atoms with van der Waals surface area (Å²) in [6, 6.07) is 4.13. The molecule has 8 heteroatoms. The Kier molecular flexibility index (Phi) is 7.16. The zero-order chi connectivity index (χ0) is 19.2. The molecule has 0 bridgehead atoms. The standard InChI is InChI=1S/C18H20F3NO3S/c1-25-11-10-22-9-2-3-15(17(23)24)16(22)26-12-8-18(20,21)13-4-6-14(19)7-5-13/h2-7,9,16H,8,10-12H2,1H3,(H,23,24). The number of benzene rings is 1. The summed E-state index contributed by atoms with van der Waals surface area (Å²) in [5.74, 6) is -4.73. The predicted molar refractivity (Wildman–Crippen MR) is 94.6 cm³/mol. The third-order valence-corrected chi connectivity index (χ3v) is 5.16. The molecule has 0 amide bonds. The van der Waals surface area contributed by atoms with Crippen LogP contribution < -0.4 is 0 Å². The maximum atomic E-state index is 14.3. The molecule has 0 aliphatic carbocycles. The normalized spacial score (nSPS) is 17.3. The second-order valence-corrected chi connectivity index (χ2v) is 6.87. The molecule has 142 valence electrons. The van der Waals surface area contributed by atoms with E-state index < -0.39 is 29.5 Å². The van der Waals surface area contributed by atoms with Gasteiger partial charge in [-0.05, 0) is 24.3 Å². The summed E-state index contributed by atoms with van der Waals surface area (Å²) in [6.45, 7) is 0.837. The lowest BCUT2D eigenvalue weighted by Gasteiger charge is -2.33. The number of carboxylic acids is 1. The number of aliphatic carboxylic acids is 1. The van der Waals surface area contributed by atoms with E-state index in [1.54, 1.807) is 17.2 Å². The van der Waals surface area contributed by atoms with E-state index in [0.717, 1.165) is 36.0 Å². The van der Waals surface area contributed by atoms with Crippen molar-refractivity contribution in [1.82, 2.24) is 4.90 Å². The Morgan fingerprint density at radius 3 is 2.65 bits per heavy atom. The Bertz CT molecular complexity index is 677. The first kappa shape index (κ1) is 20.4. The molecule has 1 unspecified atom stereocenters. The molecule has 1 aliphatic heterocycles. The molecule has 1 aromatic carbocycles. The third kappa shape index (κ3) is 5.28. The van der Waals surface area contributed by atoms with Crippen molar-refractivity contribution in [2.75, 3.05) is 26.0 Å². The van der Waals surface area contributed by atoms with E-state index in [2.05, 4.69) is 0 Å². The highest BCUT2D eigenvalue weighted by Gasteiger charge is 2.33. The third-order valence-electron chi connectivity index (χ3n) is 3.88. The van der Waals surface area contributed by atoms with Gasteiger partial charge in [0.2, 0.25) is 0 Å². The number of hydrogen-bond donors (Lipinski definition) is 1. The fourth-order valence-electron chi connectivity index (χ4n) is 2.48. The number of carboxylic acid groups (broad SMARTS) is 1. The van der Waals surface area contributed by atoms with Gasteiger partial charge in [0.15, 0.2) is 0 Å². The lowest BCUT2D eigenvalue weighted by atomic mass is 10.1. The van der Waals surface area contributed by atoms with Crippen LogP contribution in [0.2, 0.25) is 0 Å². The number of ether oxygens (including phenoxy) is 1. The molecule has 1 aromatic rings. The highest BCUT2D eigenvalue weighted by molar-refractivity contribution is 8.00. The number of methoxy groups -OCH3 is 1. The molecule has 0 fully saturated rings. The monoisotopic (exact) mass is 387 g/mol. The van der Waals surface area contributed by atoms with Gasteiger partial charge in [-0.25, -0.2) is 18.0 Å². The van der Waals surface area contributed by atoms with Crippen molar-refractivity contribution in [2.24, 2.45) is 0 Å². The van der Waals surface area contributed by atoms with Crippen molar-refractivity contribution in [3.63, 3.8) is 0 Å². The minimum absolute atomic E-state index is 0.0387. The Balaban J connectivity index is 2.02. The SMILES string of the molecule is COCCN1C=CC=C(C(=O)O)C1SCCC(F)(F)c1ccc(F)cc1. The van der Waals surface area contributed by atoms with E-state index in [1.807, 2.05) is 0 Å². The van der Waals surface area contributed by atoms with Crippen molar-refractivity contribution in [2.45, 2.75) is 17.7 Å². The van der Waals surface area contributed by atoms with Crippen LogP contribution in [0.3, 0.4) is 0 Å². The minimum Gasteiger partial charge on any atom is -0.478 e. The molecule has 26 heavy (non-hydrogen) atoms. The summed E-state index contributed by atoms with van der Waals surface area (Å²) in [6.07, 6.45) is 4.33. The molecule has 1 aliphatic rings. The van der Waals surface area contributed by atoms with Crippen LogP contribution in [0.4, 0.5) is 13.2 Å². The van der Waals surface area contributed by atoms with Crippen molar-refractivity contribution < 1.29 is 27.8 Å². The molecule has 1 N–H and O–H groups in total. The Morgan fingerprint density at radius 1 is 1.35 bits per heavy atom. The van der Waals surface area contributed by atoms with Crippen LogP contribution in [-0.2, 0) is 15.5 Å². The van der Waals surface area contributed by atoms with Crippen LogP contribution in [0.15, 0.2) is 48.2 Å². The number of thioether (sulfide) groups is 1. The molecule has 1 heterocycles. The first-order valence-corrected chi connectivity index (χ1v) is 9.02. The van der Waals surface area contributed by atoms with E-state index in [-0.39, 0.29) is 16.9 Å². The number of carbonyl (C=O) groups is 1. The molecule has 2 rings (SSSR count). The summed E-state index contributed by atoms with van der Waals surface area (Å²) >= 11 is 1.13. The molecular formula is C18H20F3NO3S. The van der Waals surface area contributed by atoms with Crippen molar-refractivity contribution in [3.8, 4) is 0 Å². The molecule has 0 aromatic heterocycles. The molecular weight excluding hydrogens is 367 g/mol. The van der Waals surface area contributed by atoms with Crippen LogP contribution >= 0.6 is 11.8 Å². The second-order valence-electron chi connectivity index (χ2n) is 5.68. The summed E-state index contributed by atoms with van der Waals surface area (Å²) < 4.78 is 46.5. The van der Waals surface area contributed by atoms with Gasteiger partial charge in [-0.15, -0.1) is 11.8 Å². The molecule has 0 spiro atoms. The minimum atomic E-state index is -3.12. The summed E-state index contributed by atoms with van der Waals surface area (Å²) in [4.78, 5) is 13.2. The fraction of sp³-hybridized carbons (Fsp3) is 0.389. The maximum Gasteiger partial charge on any atom is 0.334 e. The van der Waals surface area contributed by atoms with Crippen LogP contribution in [0.25, 0.3) is 0 Å². The molecule has 1 atom stereocenters. The highest BCUT2D eigenvalue weighted by atomic mass is 32.2.